The predicted molar refractivity (Wildman–Crippen MR) is 42.2 cm³/mol. The number of alkyl halides is 3. The molecule has 5 heteroatoms. The molecule has 80 valence electrons. The lowest BCUT2D eigenvalue weighted by molar-refractivity contribution is -0.367. The summed E-state index contributed by atoms with van der Waals surface area (Å²) in [6.07, 6.45) is -4.24. The Balaban J connectivity index is 4.34. The molecule has 0 aromatic heterocycles. The van der Waals surface area contributed by atoms with Gasteiger partial charge < -0.3 is 9.84 Å². The molecule has 1 N–H and O–H groups in total. The summed E-state index contributed by atoms with van der Waals surface area (Å²) in [7, 11) is 0. The fourth-order valence-corrected chi connectivity index (χ4v) is 0.951. The average Bonchev–Trinajstić information content (AvgIpc) is 1.99. The third-order valence-corrected chi connectivity index (χ3v) is 1.70. The SMILES string of the molecule is CCCCC(O)(OCC)C(F)(F)F. The fourth-order valence-electron chi connectivity index (χ4n) is 0.951. The summed E-state index contributed by atoms with van der Waals surface area (Å²) >= 11 is 0. The van der Waals surface area contributed by atoms with E-state index in [0.717, 1.165) is 0 Å². The molecular formula is C8H15F3O2. The lowest BCUT2D eigenvalue weighted by Gasteiger charge is -2.29. The van der Waals surface area contributed by atoms with Gasteiger partial charge in [-0.2, -0.15) is 13.2 Å². The highest BCUT2D eigenvalue weighted by Crippen LogP contribution is 2.35. The van der Waals surface area contributed by atoms with Crippen LogP contribution in [0.2, 0.25) is 0 Å². The van der Waals surface area contributed by atoms with Gasteiger partial charge in [-0.3, -0.25) is 0 Å². The van der Waals surface area contributed by atoms with Crippen molar-refractivity contribution in [3.8, 4) is 0 Å². The zero-order valence-corrected chi connectivity index (χ0v) is 7.82. The Kier molecular flexibility index (Phi) is 4.70. The molecule has 0 aromatic carbocycles. The van der Waals surface area contributed by atoms with Crippen LogP contribution in [0.15, 0.2) is 0 Å². The molecular weight excluding hydrogens is 185 g/mol. The van der Waals surface area contributed by atoms with Gasteiger partial charge in [0.05, 0.1) is 0 Å². The normalized spacial score (nSPS) is 17.1. The summed E-state index contributed by atoms with van der Waals surface area (Å²) in [5.41, 5.74) is 0. The Morgan fingerprint density at radius 1 is 1.23 bits per heavy atom. The van der Waals surface area contributed by atoms with Crippen LogP contribution in [0.25, 0.3) is 0 Å². The van der Waals surface area contributed by atoms with Gasteiger partial charge in [-0.25, -0.2) is 0 Å². The van der Waals surface area contributed by atoms with Crippen LogP contribution in [-0.4, -0.2) is 23.7 Å². The van der Waals surface area contributed by atoms with Gasteiger partial charge in [-0.05, 0) is 13.3 Å². The molecule has 0 rings (SSSR count). The maximum Gasteiger partial charge on any atom is 0.443 e. The van der Waals surface area contributed by atoms with Crippen LogP contribution >= 0.6 is 0 Å². The second-order valence-corrected chi connectivity index (χ2v) is 2.82. The highest BCUT2D eigenvalue weighted by molar-refractivity contribution is 4.76. The van der Waals surface area contributed by atoms with E-state index in [0.29, 0.717) is 6.42 Å². The van der Waals surface area contributed by atoms with Crippen molar-refractivity contribution in [2.75, 3.05) is 6.61 Å². The van der Waals surface area contributed by atoms with E-state index in [9.17, 15) is 13.2 Å². The molecule has 0 spiro atoms. The van der Waals surface area contributed by atoms with Gasteiger partial charge in [-0.1, -0.05) is 13.3 Å². The molecule has 2 nitrogen and oxygen atoms in total. The van der Waals surface area contributed by atoms with E-state index in [1.807, 2.05) is 0 Å². The van der Waals surface area contributed by atoms with Crippen LogP contribution in [0.4, 0.5) is 13.2 Å². The molecule has 0 bridgehead atoms. The smallest absolute Gasteiger partial charge is 0.359 e. The largest absolute Gasteiger partial charge is 0.443 e. The van der Waals surface area contributed by atoms with Crippen molar-refractivity contribution in [1.29, 1.82) is 0 Å². The Bertz CT molecular complexity index is 147. The van der Waals surface area contributed by atoms with E-state index >= 15 is 0 Å². The number of rotatable bonds is 5. The lowest BCUT2D eigenvalue weighted by atomic mass is 10.1. The van der Waals surface area contributed by atoms with Crippen molar-refractivity contribution in [1.82, 2.24) is 0 Å². The quantitative estimate of drug-likeness (QED) is 0.691. The Morgan fingerprint density at radius 2 is 1.77 bits per heavy atom. The molecule has 0 aliphatic heterocycles. The van der Waals surface area contributed by atoms with Crippen LogP contribution in [0, 0.1) is 0 Å². The van der Waals surface area contributed by atoms with Crippen LogP contribution in [0.5, 0.6) is 0 Å². The Hall–Kier alpha value is -0.290. The highest BCUT2D eigenvalue weighted by Gasteiger charge is 2.54. The number of hydrogen-bond donors (Lipinski definition) is 1. The van der Waals surface area contributed by atoms with E-state index in [2.05, 4.69) is 4.74 Å². The molecule has 0 aliphatic rings. The number of ether oxygens (including phenoxy) is 1. The van der Waals surface area contributed by atoms with Crippen LogP contribution in [0.1, 0.15) is 33.1 Å². The molecule has 0 saturated carbocycles. The number of hydrogen-bond acceptors (Lipinski definition) is 2. The maximum absolute atomic E-state index is 12.2. The molecule has 0 fully saturated rings. The van der Waals surface area contributed by atoms with Gasteiger partial charge >= 0.3 is 6.18 Å². The van der Waals surface area contributed by atoms with E-state index < -0.39 is 18.4 Å². The zero-order chi connectivity index (χ0) is 10.5. The van der Waals surface area contributed by atoms with Gasteiger partial charge in [0.1, 0.15) is 0 Å². The maximum atomic E-state index is 12.2. The minimum Gasteiger partial charge on any atom is -0.359 e. The van der Waals surface area contributed by atoms with Crippen molar-refractivity contribution in [3.05, 3.63) is 0 Å². The molecule has 1 atom stereocenters. The summed E-state index contributed by atoms with van der Waals surface area (Å²) in [5, 5.41) is 9.13. The summed E-state index contributed by atoms with van der Waals surface area (Å²) in [6, 6.07) is 0. The standard InChI is InChI=1S/C8H15F3O2/c1-3-5-6-7(12,13-4-2)8(9,10)11/h12H,3-6H2,1-2H3. The summed E-state index contributed by atoms with van der Waals surface area (Å²) in [6.45, 7) is 3.02. The minimum atomic E-state index is -4.71. The molecule has 0 heterocycles. The van der Waals surface area contributed by atoms with Gasteiger partial charge in [0.25, 0.3) is 5.79 Å². The van der Waals surface area contributed by atoms with E-state index in [1.54, 1.807) is 6.92 Å². The molecule has 0 amide bonds. The van der Waals surface area contributed by atoms with Crippen LogP contribution < -0.4 is 0 Å². The van der Waals surface area contributed by atoms with Gasteiger partial charge in [0, 0.05) is 13.0 Å². The summed E-state index contributed by atoms with van der Waals surface area (Å²) in [4.78, 5) is 0. The van der Waals surface area contributed by atoms with Gasteiger partial charge in [-0.15, -0.1) is 0 Å². The van der Waals surface area contributed by atoms with E-state index in [1.165, 1.54) is 6.92 Å². The molecule has 1 unspecified atom stereocenters. The topological polar surface area (TPSA) is 29.5 Å². The molecule has 13 heavy (non-hydrogen) atoms. The monoisotopic (exact) mass is 200 g/mol. The average molecular weight is 200 g/mol. The second kappa shape index (κ2) is 4.81. The lowest BCUT2D eigenvalue weighted by Crippen LogP contribution is -2.47. The Morgan fingerprint density at radius 3 is 2.08 bits per heavy atom. The second-order valence-electron chi connectivity index (χ2n) is 2.82. The van der Waals surface area contributed by atoms with Gasteiger partial charge in [0.15, 0.2) is 0 Å². The molecule has 0 saturated heterocycles. The summed E-state index contributed by atoms with van der Waals surface area (Å²) < 4.78 is 41.0. The first-order chi connectivity index (χ1) is 5.87. The minimum absolute atomic E-state index is 0.153. The predicted octanol–water partition coefficient (Wildman–Crippen LogP) is 2.46. The number of unbranched alkanes of at least 4 members (excludes halogenated alkanes) is 1. The van der Waals surface area contributed by atoms with E-state index in [-0.39, 0.29) is 13.0 Å². The molecule has 0 radical (unpaired) electrons. The number of aliphatic hydroxyl groups is 1. The first-order valence-corrected chi connectivity index (χ1v) is 4.30. The van der Waals surface area contributed by atoms with Crippen molar-refractivity contribution >= 4 is 0 Å². The third kappa shape index (κ3) is 3.52. The fraction of sp³-hybridized carbons (Fsp3) is 1.00. The highest BCUT2D eigenvalue weighted by atomic mass is 19.4. The van der Waals surface area contributed by atoms with E-state index in [4.69, 9.17) is 5.11 Å². The van der Waals surface area contributed by atoms with Crippen LogP contribution in [-0.2, 0) is 4.74 Å². The van der Waals surface area contributed by atoms with Crippen molar-refractivity contribution in [2.45, 2.75) is 45.1 Å². The Labute approximate surface area is 75.7 Å². The summed E-state index contributed by atoms with van der Waals surface area (Å²) in [5.74, 6) is -2.96. The molecule has 0 aliphatic carbocycles. The molecule has 0 aromatic rings. The van der Waals surface area contributed by atoms with Crippen LogP contribution in [0.3, 0.4) is 0 Å². The zero-order valence-electron chi connectivity index (χ0n) is 7.82. The first-order valence-electron chi connectivity index (χ1n) is 4.30. The number of halogens is 3. The first kappa shape index (κ1) is 12.7. The van der Waals surface area contributed by atoms with Crippen molar-refractivity contribution < 1.29 is 23.0 Å². The van der Waals surface area contributed by atoms with Crippen molar-refractivity contribution in [3.63, 3.8) is 0 Å². The third-order valence-electron chi connectivity index (χ3n) is 1.70. The van der Waals surface area contributed by atoms with Crippen molar-refractivity contribution in [2.24, 2.45) is 0 Å². The van der Waals surface area contributed by atoms with Gasteiger partial charge in [0.2, 0.25) is 0 Å².